The minimum atomic E-state index is -3.53. The van der Waals surface area contributed by atoms with Gasteiger partial charge in [-0.25, -0.2) is 8.42 Å². The Hall–Kier alpha value is -0.880. The second kappa shape index (κ2) is 4.97. The van der Waals surface area contributed by atoms with Crippen LogP contribution in [-0.4, -0.2) is 42.1 Å². The van der Waals surface area contributed by atoms with Gasteiger partial charge in [0.1, 0.15) is 6.04 Å². The molecule has 1 aliphatic heterocycles. The van der Waals surface area contributed by atoms with Crippen LogP contribution in [0.5, 0.6) is 0 Å². The minimum Gasteiger partial charge on any atom is -0.480 e. The number of carbonyl (C=O) groups is 1. The van der Waals surface area contributed by atoms with Crippen LogP contribution in [0.2, 0.25) is 0 Å². The lowest BCUT2D eigenvalue weighted by atomic mass is 9.93. The van der Waals surface area contributed by atoms with Crippen LogP contribution < -0.4 is 0 Å². The van der Waals surface area contributed by atoms with E-state index in [2.05, 4.69) is 6.58 Å². The van der Waals surface area contributed by atoms with E-state index >= 15 is 0 Å². The predicted molar refractivity (Wildman–Crippen MR) is 60.5 cm³/mol. The lowest BCUT2D eigenvalue weighted by Gasteiger charge is -2.35. The molecule has 2 atom stereocenters. The third-order valence-electron chi connectivity index (χ3n) is 2.83. The van der Waals surface area contributed by atoms with Crippen molar-refractivity contribution in [2.75, 3.05) is 12.3 Å². The molecule has 0 aliphatic carbocycles. The number of carboxylic acids is 1. The summed E-state index contributed by atoms with van der Waals surface area (Å²) in [4.78, 5) is 11.1. The van der Waals surface area contributed by atoms with Gasteiger partial charge in [0, 0.05) is 6.54 Å². The van der Waals surface area contributed by atoms with E-state index in [0.717, 1.165) is 10.7 Å². The van der Waals surface area contributed by atoms with Crippen molar-refractivity contribution in [3.8, 4) is 0 Å². The van der Waals surface area contributed by atoms with Crippen LogP contribution in [0.4, 0.5) is 0 Å². The molecule has 0 aromatic heterocycles. The number of hydrogen-bond acceptors (Lipinski definition) is 3. The van der Waals surface area contributed by atoms with Gasteiger partial charge in [0.25, 0.3) is 0 Å². The largest absolute Gasteiger partial charge is 0.480 e. The van der Waals surface area contributed by atoms with Crippen molar-refractivity contribution in [2.24, 2.45) is 5.92 Å². The van der Waals surface area contributed by atoms with E-state index in [1.165, 1.54) is 6.08 Å². The topological polar surface area (TPSA) is 74.7 Å². The molecule has 1 saturated heterocycles. The molecule has 0 aromatic carbocycles. The summed E-state index contributed by atoms with van der Waals surface area (Å²) in [6, 6.07) is -0.932. The Morgan fingerprint density at radius 1 is 1.62 bits per heavy atom. The maximum Gasteiger partial charge on any atom is 0.322 e. The van der Waals surface area contributed by atoms with E-state index in [4.69, 9.17) is 5.11 Å². The zero-order chi connectivity index (χ0) is 12.3. The van der Waals surface area contributed by atoms with Crippen LogP contribution in [0.25, 0.3) is 0 Å². The van der Waals surface area contributed by atoms with E-state index in [9.17, 15) is 13.2 Å². The van der Waals surface area contributed by atoms with Crippen molar-refractivity contribution in [3.63, 3.8) is 0 Å². The number of nitrogens with zero attached hydrogens (tertiary/aromatic N) is 1. The fourth-order valence-corrected chi connectivity index (χ4v) is 3.61. The molecule has 0 spiro atoms. The van der Waals surface area contributed by atoms with Gasteiger partial charge in [-0.15, -0.1) is 6.58 Å². The predicted octanol–water partition coefficient (Wildman–Crippen LogP) is 0.687. The quantitative estimate of drug-likeness (QED) is 0.742. The molecule has 0 saturated carbocycles. The molecule has 1 heterocycles. The van der Waals surface area contributed by atoms with E-state index in [0.29, 0.717) is 6.42 Å². The first-order valence-corrected chi connectivity index (χ1v) is 6.84. The van der Waals surface area contributed by atoms with Gasteiger partial charge >= 0.3 is 5.97 Å². The monoisotopic (exact) mass is 247 g/mol. The smallest absolute Gasteiger partial charge is 0.322 e. The van der Waals surface area contributed by atoms with Crippen LogP contribution in [-0.2, 0) is 14.8 Å². The summed E-state index contributed by atoms with van der Waals surface area (Å²) in [5.41, 5.74) is 0. The number of aliphatic carboxylic acids is 1. The first-order chi connectivity index (χ1) is 7.40. The molecule has 1 rings (SSSR count). The average molecular weight is 247 g/mol. The van der Waals surface area contributed by atoms with Crippen LogP contribution in [0, 0.1) is 5.92 Å². The van der Waals surface area contributed by atoms with Gasteiger partial charge in [0.2, 0.25) is 10.0 Å². The van der Waals surface area contributed by atoms with Crippen LogP contribution >= 0.6 is 0 Å². The third-order valence-corrected chi connectivity index (χ3v) is 4.61. The van der Waals surface area contributed by atoms with Crippen LogP contribution in [0.15, 0.2) is 12.7 Å². The minimum absolute atomic E-state index is 0.147. The first kappa shape index (κ1) is 13.2. The molecule has 0 amide bonds. The summed E-state index contributed by atoms with van der Waals surface area (Å²) in [6.45, 7) is 5.44. The number of rotatable bonds is 4. The standard InChI is InChI=1S/C10H17NO4S/c1-3-7-16(14,15)11-6-4-5-8(2)9(11)10(12)13/h3,8-9H,1,4-7H2,2H3,(H,12,13). The van der Waals surface area contributed by atoms with Gasteiger partial charge in [-0.3, -0.25) is 4.79 Å². The highest BCUT2D eigenvalue weighted by Crippen LogP contribution is 2.26. The highest BCUT2D eigenvalue weighted by molar-refractivity contribution is 7.89. The Kier molecular flexibility index (Phi) is 4.09. The summed E-state index contributed by atoms with van der Waals surface area (Å²) >= 11 is 0. The fraction of sp³-hybridized carbons (Fsp3) is 0.700. The Bertz CT molecular complexity index is 376. The molecule has 0 radical (unpaired) electrons. The number of sulfonamides is 1. The lowest BCUT2D eigenvalue weighted by Crippen LogP contribution is -2.52. The second-order valence-electron chi connectivity index (χ2n) is 4.08. The summed E-state index contributed by atoms with van der Waals surface area (Å²) in [5, 5.41) is 9.08. The summed E-state index contributed by atoms with van der Waals surface area (Å²) in [6.07, 6.45) is 2.74. The molecule has 0 aromatic rings. The van der Waals surface area contributed by atoms with Crippen molar-refractivity contribution in [1.29, 1.82) is 0 Å². The Labute approximate surface area is 95.8 Å². The molecule has 0 bridgehead atoms. The van der Waals surface area contributed by atoms with Gasteiger partial charge < -0.3 is 5.11 Å². The van der Waals surface area contributed by atoms with E-state index < -0.39 is 22.0 Å². The Balaban J connectivity index is 3.00. The Morgan fingerprint density at radius 2 is 2.25 bits per heavy atom. The third kappa shape index (κ3) is 2.62. The average Bonchev–Trinajstić information content (AvgIpc) is 2.16. The van der Waals surface area contributed by atoms with Crippen molar-refractivity contribution < 1.29 is 18.3 Å². The van der Waals surface area contributed by atoms with Crippen molar-refractivity contribution >= 4 is 16.0 Å². The molecule has 1 aliphatic rings. The SMILES string of the molecule is C=CCS(=O)(=O)N1CCCC(C)C1C(=O)O. The van der Waals surface area contributed by atoms with Gasteiger partial charge in [-0.2, -0.15) is 4.31 Å². The van der Waals surface area contributed by atoms with Gasteiger partial charge in [0.05, 0.1) is 5.75 Å². The molecule has 2 unspecified atom stereocenters. The molecular formula is C10H17NO4S. The zero-order valence-electron chi connectivity index (χ0n) is 9.30. The highest BCUT2D eigenvalue weighted by Gasteiger charge is 2.40. The van der Waals surface area contributed by atoms with E-state index in [1.54, 1.807) is 6.92 Å². The normalized spacial score (nSPS) is 27.6. The number of hydrogen-bond donors (Lipinski definition) is 1. The molecule has 16 heavy (non-hydrogen) atoms. The molecular weight excluding hydrogens is 230 g/mol. The van der Waals surface area contributed by atoms with Gasteiger partial charge in [-0.05, 0) is 18.8 Å². The molecule has 92 valence electrons. The molecule has 1 fully saturated rings. The lowest BCUT2D eigenvalue weighted by molar-refractivity contribution is -0.144. The van der Waals surface area contributed by atoms with E-state index in [1.807, 2.05) is 0 Å². The highest BCUT2D eigenvalue weighted by atomic mass is 32.2. The molecule has 1 N–H and O–H groups in total. The molecule has 5 nitrogen and oxygen atoms in total. The summed E-state index contributed by atoms with van der Waals surface area (Å²) in [7, 11) is -3.53. The molecule has 6 heteroatoms. The van der Waals surface area contributed by atoms with Crippen molar-refractivity contribution in [3.05, 3.63) is 12.7 Å². The first-order valence-electron chi connectivity index (χ1n) is 5.23. The maximum atomic E-state index is 11.8. The van der Waals surface area contributed by atoms with Gasteiger partial charge in [0.15, 0.2) is 0 Å². The summed E-state index contributed by atoms with van der Waals surface area (Å²) < 4.78 is 24.8. The summed E-state index contributed by atoms with van der Waals surface area (Å²) in [5.74, 6) is -1.42. The van der Waals surface area contributed by atoms with E-state index in [-0.39, 0.29) is 18.2 Å². The maximum absolute atomic E-state index is 11.8. The second-order valence-corrected chi connectivity index (χ2v) is 6.05. The zero-order valence-corrected chi connectivity index (χ0v) is 10.1. The van der Waals surface area contributed by atoms with Crippen LogP contribution in [0.3, 0.4) is 0 Å². The van der Waals surface area contributed by atoms with Crippen molar-refractivity contribution in [2.45, 2.75) is 25.8 Å². The number of carboxylic acid groups (broad SMARTS) is 1. The fourth-order valence-electron chi connectivity index (χ4n) is 2.07. The van der Waals surface area contributed by atoms with Gasteiger partial charge in [-0.1, -0.05) is 13.0 Å². The van der Waals surface area contributed by atoms with Crippen LogP contribution in [0.1, 0.15) is 19.8 Å². The number of piperidine rings is 1. The Morgan fingerprint density at radius 3 is 2.75 bits per heavy atom. The van der Waals surface area contributed by atoms with Crippen molar-refractivity contribution in [1.82, 2.24) is 4.31 Å².